The van der Waals surface area contributed by atoms with Gasteiger partial charge >= 0.3 is 0 Å². The van der Waals surface area contributed by atoms with Gasteiger partial charge in [-0.25, -0.2) is 13.1 Å². The first-order chi connectivity index (χ1) is 19.0. The monoisotopic (exact) mass is 568 g/mol. The molecule has 1 saturated carbocycles. The van der Waals surface area contributed by atoms with Gasteiger partial charge < -0.3 is 20.7 Å². The number of ether oxygens (including phenoxy) is 1. The van der Waals surface area contributed by atoms with Gasteiger partial charge in [-0.05, 0) is 50.3 Å². The molecule has 2 aromatic carbocycles. The molecule has 9 nitrogen and oxygen atoms in total. The Morgan fingerprint density at radius 1 is 1.07 bits per heavy atom. The molecule has 40 heavy (non-hydrogen) atoms. The number of hydrogen-bond donors (Lipinski definition) is 3. The summed E-state index contributed by atoms with van der Waals surface area (Å²) < 4.78 is 35.8. The van der Waals surface area contributed by atoms with Crippen LogP contribution in [0.5, 0.6) is 0 Å². The number of benzene rings is 2. The highest BCUT2D eigenvalue weighted by Gasteiger charge is 2.50. The smallest absolute Gasteiger partial charge is 0.247 e. The second kappa shape index (κ2) is 12.2. The summed E-state index contributed by atoms with van der Waals surface area (Å²) in [5.41, 5.74) is 6.33. The van der Waals surface area contributed by atoms with Crippen molar-refractivity contribution in [2.24, 2.45) is 5.73 Å². The van der Waals surface area contributed by atoms with E-state index in [4.69, 9.17) is 10.5 Å². The summed E-state index contributed by atoms with van der Waals surface area (Å²) in [7, 11) is -3.78. The molecule has 4 N–H and O–H groups in total. The largest absolute Gasteiger partial charge is 0.374 e. The Labute approximate surface area is 237 Å². The van der Waals surface area contributed by atoms with Crippen molar-refractivity contribution in [2.75, 3.05) is 19.7 Å². The van der Waals surface area contributed by atoms with Gasteiger partial charge in [0.05, 0.1) is 29.2 Å². The van der Waals surface area contributed by atoms with Crippen molar-refractivity contribution in [3.05, 3.63) is 77.4 Å². The van der Waals surface area contributed by atoms with E-state index in [9.17, 15) is 18.0 Å². The van der Waals surface area contributed by atoms with Crippen molar-refractivity contribution in [3.63, 3.8) is 0 Å². The second-order valence-electron chi connectivity index (χ2n) is 11.2. The fraction of sp³-hybridized carbons (Fsp3) is 0.467. The predicted octanol–water partition coefficient (Wildman–Crippen LogP) is 2.93. The lowest BCUT2D eigenvalue weighted by Crippen LogP contribution is -2.58. The van der Waals surface area contributed by atoms with Crippen molar-refractivity contribution in [2.45, 2.75) is 70.2 Å². The zero-order valence-electron chi connectivity index (χ0n) is 23.5. The lowest BCUT2D eigenvalue weighted by atomic mass is 9.87. The topological polar surface area (TPSA) is 131 Å². The molecule has 2 amide bonds. The van der Waals surface area contributed by atoms with Crippen LogP contribution in [-0.2, 0) is 31.0 Å². The fourth-order valence-electron chi connectivity index (χ4n) is 5.42. The Morgan fingerprint density at radius 2 is 1.68 bits per heavy atom. The highest BCUT2D eigenvalue weighted by molar-refractivity contribution is 7.99. The number of carbonyl (C=O) groups excluding carboxylic acids is 2. The first-order valence-electron chi connectivity index (χ1n) is 13.8. The first-order valence-corrected chi connectivity index (χ1v) is 15.3. The maximum atomic E-state index is 14.0. The number of sulfonamides is 1. The van der Waals surface area contributed by atoms with E-state index in [0.29, 0.717) is 30.5 Å². The quantitative estimate of drug-likeness (QED) is 0.382. The van der Waals surface area contributed by atoms with E-state index in [-0.39, 0.29) is 30.6 Å². The molecule has 0 radical (unpaired) electrons. The van der Waals surface area contributed by atoms with Crippen LogP contribution in [0.3, 0.4) is 0 Å². The Bertz CT molecular complexity index is 1330. The van der Waals surface area contributed by atoms with E-state index < -0.39 is 33.1 Å². The van der Waals surface area contributed by atoms with Crippen molar-refractivity contribution < 1.29 is 22.7 Å². The standard InChI is InChI=1S/C30H40N4O5S/c1-4-34(27(35)25(32-28(36)29(2,3)31)21-39-20-22-13-7-5-8-14-22)19-24-26(23-15-9-6-10-16-23)40(37,38)33-30(24)17-11-12-18-30/h5-10,13-16,25,33H,4,11-12,17-21,31H2,1-3H3,(H,32,36)/t25-/m1/s1. The highest BCUT2D eigenvalue weighted by atomic mass is 32.2. The van der Waals surface area contributed by atoms with Crippen LogP contribution in [0.25, 0.3) is 4.91 Å². The average molecular weight is 569 g/mol. The number of carbonyl (C=O) groups is 2. The van der Waals surface area contributed by atoms with E-state index in [2.05, 4.69) is 10.0 Å². The summed E-state index contributed by atoms with van der Waals surface area (Å²) in [4.78, 5) is 28.6. The van der Waals surface area contributed by atoms with Gasteiger partial charge in [0.2, 0.25) is 21.8 Å². The highest BCUT2D eigenvalue weighted by Crippen LogP contribution is 2.46. The van der Waals surface area contributed by atoms with Crippen LogP contribution in [-0.4, -0.2) is 61.9 Å². The number of amides is 2. The summed E-state index contributed by atoms with van der Waals surface area (Å²) in [6.45, 7) is 5.63. The molecule has 1 aliphatic carbocycles. The molecule has 1 heterocycles. The van der Waals surface area contributed by atoms with E-state index in [1.54, 1.807) is 30.9 Å². The normalized spacial score (nSPS) is 18.6. The minimum absolute atomic E-state index is 0.0572. The molecule has 1 aliphatic heterocycles. The zero-order valence-corrected chi connectivity index (χ0v) is 24.3. The van der Waals surface area contributed by atoms with Crippen LogP contribution in [0.15, 0.2) is 66.2 Å². The minimum Gasteiger partial charge on any atom is -0.374 e. The maximum absolute atomic E-state index is 14.0. The van der Waals surface area contributed by atoms with Gasteiger partial charge in [-0.3, -0.25) is 9.59 Å². The van der Waals surface area contributed by atoms with E-state index in [1.807, 2.05) is 55.5 Å². The summed E-state index contributed by atoms with van der Waals surface area (Å²) in [6.07, 6.45) is 3.13. The van der Waals surface area contributed by atoms with Crippen LogP contribution in [0.1, 0.15) is 57.6 Å². The maximum Gasteiger partial charge on any atom is 0.247 e. The van der Waals surface area contributed by atoms with Gasteiger partial charge in [-0.2, -0.15) is 0 Å². The molecule has 216 valence electrons. The van der Waals surface area contributed by atoms with Crippen molar-refractivity contribution in [3.8, 4) is 0 Å². The van der Waals surface area contributed by atoms with E-state index >= 15 is 0 Å². The number of hydrogen-bond acceptors (Lipinski definition) is 6. The Hall–Kier alpha value is -3.05. The average Bonchev–Trinajstić information content (AvgIpc) is 3.47. The van der Waals surface area contributed by atoms with Gasteiger partial charge in [0, 0.05) is 13.1 Å². The molecule has 1 spiro atoms. The molecule has 0 saturated heterocycles. The molecule has 2 aromatic rings. The third kappa shape index (κ3) is 6.63. The van der Waals surface area contributed by atoms with Crippen LogP contribution >= 0.6 is 0 Å². The Kier molecular flexibility index (Phi) is 9.14. The Morgan fingerprint density at radius 3 is 2.25 bits per heavy atom. The fourth-order valence-corrected chi connectivity index (χ4v) is 7.39. The minimum atomic E-state index is -3.78. The lowest BCUT2D eigenvalue weighted by Gasteiger charge is -2.33. The molecule has 0 bridgehead atoms. The molecule has 1 atom stereocenters. The lowest BCUT2D eigenvalue weighted by molar-refractivity contribution is -0.139. The first kappa shape index (κ1) is 29.9. The summed E-state index contributed by atoms with van der Waals surface area (Å²) in [6, 6.07) is 17.6. The van der Waals surface area contributed by atoms with Crippen LogP contribution in [0.2, 0.25) is 0 Å². The van der Waals surface area contributed by atoms with Crippen molar-refractivity contribution >= 4 is 26.7 Å². The second-order valence-corrected chi connectivity index (χ2v) is 12.8. The number of nitrogens with two attached hydrogens (primary N) is 1. The van der Waals surface area contributed by atoms with Gasteiger partial charge in [0.15, 0.2) is 0 Å². The molecule has 4 rings (SSSR count). The van der Waals surface area contributed by atoms with E-state index in [0.717, 1.165) is 18.4 Å². The molecular formula is C30H40N4O5S. The molecule has 2 aliphatic rings. The Balaban J connectivity index is 1.64. The van der Waals surface area contributed by atoms with Gasteiger partial charge in [-0.15, -0.1) is 0 Å². The van der Waals surface area contributed by atoms with E-state index in [1.165, 1.54) is 0 Å². The van der Waals surface area contributed by atoms with Crippen molar-refractivity contribution in [1.82, 2.24) is 14.9 Å². The summed E-state index contributed by atoms with van der Waals surface area (Å²) in [5.74, 6) is -0.836. The third-order valence-electron chi connectivity index (χ3n) is 7.57. The number of rotatable bonds is 11. The predicted molar refractivity (Wildman–Crippen MR) is 155 cm³/mol. The van der Waals surface area contributed by atoms with Crippen LogP contribution in [0, 0.1) is 0 Å². The molecule has 1 fully saturated rings. The van der Waals surface area contributed by atoms with Crippen LogP contribution in [0.4, 0.5) is 0 Å². The summed E-state index contributed by atoms with van der Waals surface area (Å²) in [5, 5.41) is 2.77. The SMILES string of the molecule is CCN(CC1=C(c2ccccc2)S(=O)(=O)NC12CCCC2)C(=O)[C@@H](COCc1ccccc1)NC(=O)C(C)(C)N. The molecule has 10 heteroatoms. The number of nitrogens with one attached hydrogen (secondary N) is 2. The number of likely N-dealkylation sites (N-methyl/N-ethyl adjacent to an activating group) is 1. The molecule has 0 aromatic heterocycles. The molecule has 0 unspecified atom stereocenters. The number of nitrogens with zero attached hydrogens (tertiary/aromatic N) is 1. The zero-order chi connectivity index (χ0) is 29.0. The van der Waals surface area contributed by atoms with Gasteiger partial charge in [0.25, 0.3) is 0 Å². The van der Waals surface area contributed by atoms with Gasteiger partial charge in [0.1, 0.15) is 6.04 Å². The van der Waals surface area contributed by atoms with Gasteiger partial charge in [-0.1, -0.05) is 73.5 Å². The third-order valence-corrected chi connectivity index (χ3v) is 9.25. The van der Waals surface area contributed by atoms with Crippen LogP contribution < -0.4 is 15.8 Å². The summed E-state index contributed by atoms with van der Waals surface area (Å²) >= 11 is 0. The molecular weight excluding hydrogens is 528 g/mol. The van der Waals surface area contributed by atoms with Crippen molar-refractivity contribution in [1.29, 1.82) is 0 Å².